The number of rotatable bonds is 1. The molecule has 1 aliphatic rings. The van der Waals surface area contributed by atoms with E-state index in [-0.39, 0.29) is 11.9 Å². The molecule has 0 aliphatic carbocycles. The van der Waals surface area contributed by atoms with E-state index in [1.807, 2.05) is 47.0 Å². The topological polar surface area (TPSA) is 33.2 Å². The largest absolute Gasteiger partial charge is 0.333 e. The Balaban J connectivity index is 1.99. The van der Waals surface area contributed by atoms with Gasteiger partial charge in [0.1, 0.15) is 10.8 Å². The van der Waals surface area contributed by atoms with Gasteiger partial charge in [0.2, 0.25) is 0 Å². The molecule has 3 nitrogen and oxygen atoms in total. The molecule has 0 radical (unpaired) electrons. The summed E-state index contributed by atoms with van der Waals surface area (Å²) >= 11 is 8.08. The van der Waals surface area contributed by atoms with Gasteiger partial charge in [-0.2, -0.15) is 11.8 Å². The molecule has 1 aromatic heterocycles. The molecule has 3 rings (SSSR count). The van der Waals surface area contributed by atoms with Gasteiger partial charge < -0.3 is 4.90 Å². The third-order valence-electron chi connectivity index (χ3n) is 3.54. The van der Waals surface area contributed by atoms with E-state index >= 15 is 0 Å². The maximum absolute atomic E-state index is 12.6. The number of carbonyl (C=O) groups is 1. The highest BCUT2D eigenvalue weighted by Crippen LogP contribution is 2.24. The second-order valence-electron chi connectivity index (χ2n) is 4.94. The highest BCUT2D eigenvalue weighted by Gasteiger charge is 2.25. The number of benzene rings is 1. The minimum absolute atomic E-state index is 0.0227. The zero-order valence-corrected chi connectivity index (χ0v) is 12.7. The standard InChI is InChI=1S/C15H15ClN2OS/c1-10-9-20-7-6-18(10)15(19)13-8-11-4-2-3-5-12(11)14(16)17-13/h2-5,8,10H,6-7,9H2,1H3. The summed E-state index contributed by atoms with van der Waals surface area (Å²) in [6, 6.07) is 9.80. The Morgan fingerprint density at radius 3 is 3.05 bits per heavy atom. The third kappa shape index (κ3) is 2.50. The Morgan fingerprint density at radius 1 is 1.45 bits per heavy atom. The van der Waals surface area contributed by atoms with Gasteiger partial charge >= 0.3 is 0 Å². The molecular formula is C15H15ClN2OS. The van der Waals surface area contributed by atoms with E-state index in [1.165, 1.54) is 0 Å². The Hall–Kier alpha value is -1.26. The zero-order chi connectivity index (χ0) is 14.1. The van der Waals surface area contributed by atoms with E-state index < -0.39 is 0 Å². The van der Waals surface area contributed by atoms with Gasteiger partial charge in [0.15, 0.2) is 0 Å². The number of fused-ring (bicyclic) bond motifs is 1. The first-order valence-electron chi connectivity index (χ1n) is 6.61. The smallest absolute Gasteiger partial charge is 0.272 e. The number of aromatic nitrogens is 1. The van der Waals surface area contributed by atoms with Gasteiger partial charge in [0.25, 0.3) is 5.91 Å². The summed E-state index contributed by atoms with van der Waals surface area (Å²) in [4.78, 5) is 18.8. The highest BCUT2D eigenvalue weighted by molar-refractivity contribution is 7.99. The molecule has 1 atom stereocenters. The molecule has 104 valence electrons. The number of hydrogen-bond acceptors (Lipinski definition) is 3. The van der Waals surface area contributed by atoms with Crippen LogP contribution in [0.1, 0.15) is 17.4 Å². The molecule has 1 amide bonds. The average Bonchev–Trinajstić information content (AvgIpc) is 2.47. The van der Waals surface area contributed by atoms with Crippen LogP contribution in [0.15, 0.2) is 30.3 Å². The summed E-state index contributed by atoms with van der Waals surface area (Å²) in [7, 11) is 0. The van der Waals surface area contributed by atoms with Gasteiger partial charge in [0.05, 0.1) is 0 Å². The molecule has 20 heavy (non-hydrogen) atoms. The van der Waals surface area contributed by atoms with Crippen molar-refractivity contribution in [3.05, 3.63) is 41.2 Å². The number of hydrogen-bond donors (Lipinski definition) is 0. The van der Waals surface area contributed by atoms with Crippen LogP contribution in [0.2, 0.25) is 5.15 Å². The molecule has 1 unspecified atom stereocenters. The fraction of sp³-hybridized carbons (Fsp3) is 0.333. The molecule has 0 N–H and O–H groups in total. The van der Waals surface area contributed by atoms with E-state index in [0.717, 1.165) is 28.8 Å². The Kier molecular flexibility index (Phi) is 3.85. The van der Waals surface area contributed by atoms with Crippen molar-refractivity contribution >= 4 is 40.0 Å². The van der Waals surface area contributed by atoms with Crippen molar-refractivity contribution < 1.29 is 4.79 Å². The van der Waals surface area contributed by atoms with Gasteiger partial charge in [-0.3, -0.25) is 4.79 Å². The van der Waals surface area contributed by atoms with E-state index in [4.69, 9.17) is 11.6 Å². The fourth-order valence-electron chi connectivity index (χ4n) is 2.44. The van der Waals surface area contributed by atoms with E-state index in [1.54, 1.807) is 0 Å². The van der Waals surface area contributed by atoms with Crippen LogP contribution >= 0.6 is 23.4 Å². The summed E-state index contributed by atoms with van der Waals surface area (Å²) < 4.78 is 0. The average molecular weight is 307 g/mol. The maximum Gasteiger partial charge on any atom is 0.272 e. The fourth-order valence-corrected chi connectivity index (χ4v) is 3.72. The Morgan fingerprint density at radius 2 is 2.25 bits per heavy atom. The zero-order valence-electron chi connectivity index (χ0n) is 11.2. The van der Waals surface area contributed by atoms with Gasteiger partial charge in [-0.1, -0.05) is 35.9 Å². The van der Waals surface area contributed by atoms with Crippen molar-refractivity contribution in [1.82, 2.24) is 9.88 Å². The van der Waals surface area contributed by atoms with Crippen LogP contribution in [-0.2, 0) is 0 Å². The third-order valence-corrected chi connectivity index (χ3v) is 5.02. The number of pyridine rings is 1. The van der Waals surface area contributed by atoms with Crippen molar-refractivity contribution in [1.29, 1.82) is 0 Å². The van der Waals surface area contributed by atoms with E-state index in [0.29, 0.717) is 10.8 Å². The van der Waals surface area contributed by atoms with Gasteiger partial charge in [-0.05, 0) is 18.4 Å². The minimum atomic E-state index is -0.0227. The molecule has 1 aromatic carbocycles. The van der Waals surface area contributed by atoms with Gasteiger partial charge in [-0.15, -0.1) is 0 Å². The summed E-state index contributed by atoms with van der Waals surface area (Å²) in [6.07, 6.45) is 0. The molecule has 2 heterocycles. The van der Waals surface area contributed by atoms with Crippen LogP contribution in [0.4, 0.5) is 0 Å². The lowest BCUT2D eigenvalue weighted by Gasteiger charge is -2.32. The Labute approximate surface area is 127 Å². The molecule has 0 spiro atoms. The molecule has 0 saturated carbocycles. The van der Waals surface area contributed by atoms with Crippen molar-refractivity contribution in [3.8, 4) is 0 Å². The lowest BCUT2D eigenvalue weighted by molar-refractivity contribution is 0.0710. The molecule has 2 aromatic rings. The number of halogens is 1. The number of nitrogens with zero attached hydrogens (tertiary/aromatic N) is 2. The molecule has 1 fully saturated rings. The lowest BCUT2D eigenvalue weighted by atomic mass is 10.1. The summed E-state index contributed by atoms with van der Waals surface area (Å²) in [6.45, 7) is 2.85. The predicted molar refractivity (Wildman–Crippen MR) is 84.6 cm³/mol. The van der Waals surface area contributed by atoms with Crippen molar-refractivity contribution in [2.24, 2.45) is 0 Å². The van der Waals surface area contributed by atoms with E-state index in [2.05, 4.69) is 11.9 Å². The second-order valence-corrected chi connectivity index (χ2v) is 6.45. The van der Waals surface area contributed by atoms with Crippen LogP contribution in [0, 0.1) is 0 Å². The van der Waals surface area contributed by atoms with Crippen LogP contribution in [0.25, 0.3) is 10.8 Å². The van der Waals surface area contributed by atoms with E-state index in [9.17, 15) is 4.79 Å². The summed E-state index contributed by atoms with van der Waals surface area (Å²) in [5.41, 5.74) is 0.437. The SMILES string of the molecule is CC1CSCCN1C(=O)c1cc2ccccc2c(Cl)n1. The summed E-state index contributed by atoms with van der Waals surface area (Å²) in [5, 5.41) is 2.23. The van der Waals surface area contributed by atoms with Gasteiger partial charge in [-0.25, -0.2) is 4.98 Å². The van der Waals surface area contributed by atoms with Gasteiger partial charge in [0, 0.05) is 29.5 Å². The van der Waals surface area contributed by atoms with Crippen LogP contribution in [0.3, 0.4) is 0 Å². The first-order valence-corrected chi connectivity index (χ1v) is 8.14. The van der Waals surface area contributed by atoms with Crippen LogP contribution in [0.5, 0.6) is 0 Å². The molecule has 1 saturated heterocycles. The van der Waals surface area contributed by atoms with Crippen molar-refractivity contribution in [3.63, 3.8) is 0 Å². The quantitative estimate of drug-likeness (QED) is 0.756. The van der Waals surface area contributed by atoms with Crippen LogP contribution in [-0.4, -0.2) is 39.9 Å². The monoisotopic (exact) mass is 306 g/mol. The minimum Gasteiger partial charge on any atom is -0.333 e. The Bertz CT molecular complexity index is 661. The number of carbonyl (C=O) groups excluding carboxylic acids is 1. The molecule has 5 heteroatoms. The molecule has 0 bridgehead atoms. The number of amides is 1. The second kappa shape index (κ2) is 5.62. The predicted octanol–water partition coefficient (Wildman–Crippen LogP) is 3.47. The molecule has 1 aliphatic heterocycles. The first-order chi connectivity index (χ1) is 9.66. The first kappa shape index (κ1) is 13.7. The number of thioether (sulfide) groups is 1. The normalized spacial score (nSPS) is 19.3. The van der Waals surface area contributed by atoms with Crippen molar-refractivity contribution in [2.45, 2.75) is 13.0 Å². The van der Waals surface area contributed by atoms with Crippen LogP contribution < -0.4 is 0 Å². The summed E-state index contributed by atoms with van der Waals surface area (Å²) in [5.74, 6) is 1.94. The lowest BCUT2D eigenvalue weighted by Crippen LogP contribution is -2.44. The molecular weight excluding hydrogens is 292 g/mol. The van der Waals surface area contributed by atoms with Crippen molar-refractivity contribution in [2.75, 3.05) is 18.1 Å². The highest BCUT2D eigenvalue weighted by atomic mass is 35.5. The maximum atomic E-state index is 12.6.